The molecular formula is C13H23N5O4S. The molecule has 1 aliphatic rings. The molecule has 1 fully saturated rings. The molecule has 0 unspecified atom stereocenters. The van der Waals surface area contributed by atoms with Crippen molar-refractivity contribution in [1.29, 1.82) is 0 Å². The van der Waals surface area contributed by atoms with E-state index >= 15 is 0 Å². The van der Waals surface area contributed by atoms with Crippen LogP contribution in [0, 0.1) is 0 Å². The van der Waals surface area contributed by atoms with E-state index in [1.165, 1.54) is 0 Å². The lowest BCUT2D eigenvalue weighted by Gasteiger charge is -2.08. The van der Waals surface area contributed by atoms with Crippen molar-refractivity contribution in [3.05, 3.63) is 5.82 Å². The minimum Gasteiger partial charge on any atom is -0.379 e. The topological polar surface area (TPSA) is 116 Å². The molecule has 130 valence electrons. The molecule has 2 rings (SSSR count). The molecule has 0 saturated heterocycles. The second-order valence-electron chi connectivity index (χ2n) is 5.93. The Morgan fingerprint density at radius 3 is 2.83 bits per heavy atom. The van der Waals surface area contributed by atoms with E-state index in [9.17, 15) is 13.2 Å². The lowest BCUT2D eigenvalue weighted by atomic mass is 10.4. The molecule has 1 saturated carbocycles. The lowest BCUT2D eigenvalue weighted by molar-refractivity contribution is -0.118. The van der Waals surface area contributed by atoms with Crippen LogP contribution in [0.3, 0.4) is 0 Å². The van der Waals surface area contributed by atoms with Gasteiger partial charge < -0.3 is 10.1 Å². The number of hydrogen-bond acceptors (Lipinski definition) is 7. The fourth-order valence-corrected chi connectivity index (χ4v) is 3.21. The maximum absolute atomic E-state index is 12.1. The molecule has 0 aromatic carbocycles. The van der Waals surface area contributed by atoms with Crippen LogP contribution in [0.4, 0.5) is 0 Å². The molecule has 23 heavy (non-hydrogen) atoms. The summed E-state index contributed by atoms with van der Waals surface area (Å²) in [6, 6.07) is 0.199. The van der Waals surface area contributed by atoms with E-state index in [1.54, 1.807) is 4.68 Å². The Morgan fingerprint density at radius 1 is 1.43 bits per heavy atom. The lowest BCUT2D eigenvalue weighted by Crippen LogP contribution is -2.32. The van der Waals surface area contributed by atoms with Gasteiger partial charge in [-0.1, -0.05) is 0 Å². The first kappa shape index (κ1) is 17.8. The third-order valence-corrected chi connectivity index (χ3v) is 4.65. The molecule has 0 spiro atoms. The van der Waals surface area contributed by atoms with Gasteiger partial charge in [-0.3, -0.25) is 4.79 Å². The van der Waals surface area contributed by atoms with E-state index < -0.39 is 21.5 Å². The average Bonchev–Trinajstić information content (AvgIpc) is 3.18. The van der Waals surface area contributed by atoms with Crippen molar-refractivity contribution in [2.75, 3.05) is 18.9 Å². The molecule has 0 aliphatic heterocycles. The summed E-state index contributed by atoms with van der Waals surface area (Å²) in [4.78, 5) is 11.7. The number of hydrogen-bond donors (Lipinski definition) is 1. The first-order valence-corrected chi connectivity index (χ1v) is 9.55. The van der Waals surface area contributed by atoms with Gasteiger partial charge >= 0.3 is 0 Å². The number of tetrazole rings is 1. The van der Waals surface area contributed by atoms with Crippen molar-refractivity contribution in [1.82, 2.24) is 25.5 Å². The number of amides is 1. The zero-order valence-corrected chi connectivity index (χ0v) is 14.3. The molecule has 1 aliphatic carbocycles. The van der Waals surface area contributed by atoms with Crippen molar-refractivity contribution in [3.63, 3.8) is 0 Å². The number of aromatic nitrogens is 4. The highest BCUT2D eigenvalue weighted by Crippen LogP contribution is 2.34. The largest absolute Gasteiger partial charge is 0.379 e. The van der Waals surface area contributed by atoms with Crippen molar-refractivity contribution < 1.29 is 17.9 Å². The number of nitrogens with zero attached hydrogens (tertiary/aromatic N) is 4. The van der Waals surface area contributed by atoms with Gasteiger partial charge in [-0.15, -0.1) is 5.10 Å². The summed E-state index contributed by atoms with van der Waals surface area (Å²) in [5.41, 5.74) is 0. The Labute approximate surface area is 135 Å². The summed E-state index contributed by atoms with van der Waals surface area (Å²) in [6.07, 6.45) is 2.70. The molecule has 0 atom stereocenters. The van der Waals surface area contributed by atoms with E-state index in [2.05, 4.69) is 20.8 Å². The summed E-state index contributed by atoms with van der Waals surface area (Å²) in [5.74, 6) is -1.10. The number of rotatable bonds is 10. The predicted molar refractivity (Wildman–Crippen MR) is 82.3 cm³/mol. The molecular weight excluding hydrogens is 322 g/mol. The first-order chi connectivity index (χ1) is 10.9. The smallest absolute Gasteiger partial charge is 0.235 e. The van der Waals surface area contributed by atoms with Gasteiger partial charge in [0.15, 0.2) is 15.7 Å². The summed E-state index contributed by atoms with van der Waals surface area (Å²) >= 11 is 0. The molecule has 9 nitrogen and oxygen atoms in total. The van der Waals surface area contributed by atoms with Gasteiger partial charge in [0, 0.05) is 13.2 Å². The number of ether oxygens (including phenoxy) is 1. The zero-order chi connectivity index (χ0) is 16.9. The quantitative estimate of drug-likeness (QED) is 0.586. The van der Waals surface area contributed by atoms with Gasteiger partial charge in [0.25, 0.3) is 0 Å². The highest BCUT2D eigenvalue weighted by Gasteiger charge is 2.30. The second kappa shape index (κ2) is 7.82. The van der Waals surface area contributed by atoms with Crippen molar-refractivity contribution in [3.8, 4) is 0 Å². The average molecular weight is 345 g/mol. The second-order valence-corrected chi connectivity index (χ2v) is 7.99. The highest BCUT2D eigenvalue weighted by atomic mass is 32.2. The number of carbonyl (C=O) groups excluding carboxylic acids is 1. The molecule has 0 radical (unpaired) electrons. The predicted octanol–water partition coefficient (Wildman–Crippen LogP) is -0.146. The van der Waals surface area contributed by atoms with E-state index in [4.69, 9.17) is 4.74 Å². The summed E-state index contributed by atoms with van der Waals surface area (Å²) in [7, 11) is -3.59. The summed E-state index contributed by atoms with van der Waals surface area (Å²) in [5, 5.41) is 13.6. The zero-order valence-electron chi connectivity index (χ0n) is 13.4. The molecule has 1 heterocycles. The highest BCUT2D eigenvalue weighted by molar-refractivity contribution is 7.91. The van der Waals surface area contributed by atoms with Crippen molar-refractivity contribution in [2.24, 2.45) is 0 Å². The van der Waals surface area contributed by atoms with Gasteiger partial charge in [0.2, 0.25) is 5.91 Å². The number of nitrogens with one attached hydrogen (secondary N) is 1. The van der Waals surface area contributed by atoms with Crippen LogP contribution in [-0.4, -0.2) is 59.5 Å². The van der Waals surface area contributed by atoms with Crippen LogP contribution < -0.4 is 5.32 Å². The van der Waals surface area contributed by atoms with Crippen LogP contribution in [0.5, 0.6) is 0 Å². The van der Waals surface area contributed by atoms with Gasteiger partial charge in [0.1, 0.15) is 11.5 Å². The monoisotopic (exact) mass is 345 g/mol. The fourth-order valence-electron chi connectivity index (χ4n) is 2.03. The van der Waals surface area contributed by atoms with Gasteiger partial charge in [-0.05, 0) is 43.5 Å². The van der Waals surface area contributed by atoms with Crippen LogP contribution >= 0.6 is 0 Å². The number of carbonyl (C=O) groups is 1. The number of sulfone groups is 1. The minimum absolute atomic E-state index is 0.142. The molecule has 1 amide bonds. The standard InChI is InChI=1S/C13H23N5O4S/c1-10(2)22-7-3-6-14-13(19)9-23(20,21)8-12-15-16-17-18(12)11-4-5-11/h10-11H,3-9H2,1-2H3,(H,14,19). The van der Waals surface area contributed by atoms with Crippen molar-refractivity contribution >= 4 is 15.7 Å². The van der Waals surface area contributed by atoms with Gasteiger partial charge in [-0.2, -0.15) is 0 Å². The van der Waals surface area contributed by atoms with E-state index in [-0.39, 0.29) is 17.9 Å². The Morgan fingerprint density at radius 2 is 2.17 bits per heavy atom. The first-order valence-electron chi connectivity index (χ1n) is 7.73. The van der Waals surface area contributed by atoms with Crippen LogP contribution in [0.15, 0.2) is 0 Å². The van der Waals surface area contributed by atoms with Crippen LogP contribution in [0.25, 0.3) is 0 Å². The Balaban J connectivity index is 1.74. The maximum Gasteiger partial charge on any atom is 0.235 e. The Kier molecular flexibility index (Phi) is 6.05. The Bertz CT molecular complexity index is 624. The van der Waals surface area contributed by atoms with Crippen LogP contribution in [0.2, 0.25) is 0 Å². The van der Waals surface area contributed by atoms with Gasteiger partial charge in [-0.25, -0.2) is 13.1 Å². The molecule has 0 bridgehead atoms. The minimum atomic E-state index is -3.59. The molecule has 10 heteroatoms. The maximum atomic E-state index is 12.1. The van der Waals surface area contributed by atoms with E-state index in [1.807, 2.05) is 13.8 Å². The third kappa shape index (κ3) is 6.22. The van der Waals surface area contributed by atoms with Crippen LogP contribution in [-0.2, 0) is 25.1 Å². The van der Waals surface area contributed by atoms with Crippen LogP contribution in [0.1, 0.15) is 45.0 Å². The Hall–Kier alpha value is -1.55. The normalized spacial score (nSPS) is 15.1. The summed E-state index contributed by atoms with van der Waals surface area (Å²) in [6.45, 7) is 4.78. The van der Waals surface area contributed by atoms with E-state index in [0.717, 1.165) is 12.8 Å². The van der Waals surface area contributed by atoms with Gasteiger partial charge in [0.05, 0.1) is 12.1 Å². The third-order valence-electron chi connectivity index (χ3n) is 3.25. The molecule has 1 N–H and O–H groups in total. The fraction of sp³-hybridized carbons (Fsp3) is 0.846. The van der Waals surface area contributed by atoms with E-state index in [0.29, 0.717) is 25.4 Å². The molecule has 1 aromatic heterocycles. The van der Waals surface area contributed by atoms with Crippen molar-refractivity contribution in [2.45, 2.75) is 51.0 Å². The summed E-state index contributed by atoms with van der Waals surface area (Å²) < 4.78 is 31.1. The molecule has 1 aromatic rings. The SMILES string of the molecule is CC(C)OCCCNC(=O)CS(=O)(=O)Cc1nnnn1C1CC1.